The largest absolute Gasteiger partial charge is 0.333 e. The molecule has 162 valence electrons. The summed E-state index contributed by atoms with van der Waals surface area (Å²) in [6, 6.07) is 23.7. The number of hydrogen-bond acceptors (Lipinski definition) is 2. The van der Waals surface area contributed by atoms with E-state index in [2.05, 4.69) is 48.2 Å². The lowest BCUT2D eigenvalue weighted by molar-refractivity contribution is -0.133. The van der Waals surface area contributed by atoms with Crippen LogP contribution in [0.25, 0.3) is 0 Å². The minimum Gasteiger partial charge on any atom is -0.333 e. The molecule has 2 N–H and O–H groups in total. The molecule has 0 aromatic heterocycles. The van der Waals surface area contributed by atoms with Gasteiger partial charge in [-0.2, -0.15) is 0 Å². The summed E-state index contributed by atoms with van der Waals surface area (Å²) in [6.07, 6.45) is 3.31. The number of unbranched alkanes of at least 4 members (excludes halogenated alkanes) is 1. The summed E-state index contributed by atoms with van der Waals surface area (Å²) in [6.45, 7) is 1.24. The van der Waals surface area contributed by atoms with E-state index >= 15 is 0 Å². The monoisotopic (exact) mass is 442 g/mol. The van der Waals surface area contributed by atoms with E-state index in [0.717, 1.165) is 30.4 Å². The maximum absolute atomic E-state index is 12.8. The van der Waals surface area contributed by atoms with Gasteiger partial charge in [-0.3, -0.25) is 4.79 Å². The molecule has 3 nitrogen and oxygen atoms in total. The highest BCUT2D eigenvalue weighted by atomic mass is 35.5. The number of hydrogen-bond donors (Lipinski definition) is 1. The van der Waals surface area contributed by atoms with Crippen molar-refractivity contribution in [2.75, 3.05) is 0 Å². The van der Waals surface area contributed by atoms with Gasteiger partial charge in [0.1, 0.15) is 0 Å². The van der Waals surface area contributed by atoms with Crippen molar-refractivity contribution < 1.29 is 4.79 Å². The van der Waals surface area contributed by atoms with Crippen LogP contribution in [-0.2, 0) is 30.7 Å². The smallest absolute Gasteiger partial charge is 0.240 e. The Labute approximate surface area is 195 Å². The topological polar surface area (TPSA) is 46.3 Å². The molecule has 1 aliphatic rings. The van der Waals surface area contributed by atoms with Crippen LogP contribution in [0.3, 0.4) is 0 Å². The van der Waals surface area contributed by atoms with Crippen LogP contribution < -0.4 is 5.73 Å². The number of carbonyl (C=O) groups is 1. The lowest BCUT2D eigenvalue weighted by atomic mass is 10.0. The predicted molar refractivity (Wildman–Crippen MR) is 130 cm³/mol. The summed E-state index contributed by atoms with van der Waals surface area (Å²) in [4.78, 5) is 14.7. The SMILES string of the molecule is NC(Cc1ccc(C#CCCCc2ccccc2)cc1Cl)C(=O)N1Cc2ccccc2C1. The zero-order valence-corrected chi connectivity index (χ0v) is 18.8. The Kier molecular flexibility index (Phi) is 7.27. The van der Waals surface area contributed by atoms with E-state index in [1.54, 1.807) is 0 Å². The van der Waals surface area contributed by atoms with Crippen molar-refractivity contribution in [2.45, 2.75) is 44.8 Å². The average Bonchev–Trinajstić information content (AvgIpc) is 3.25. The first-order chi connectivity index (χ1) is 15.6. The number of halogens is 1. The first-order valence-electron chi connectivity index (χ1n) is 11.0. The van der Waals surface area contributed by atoms with Gasteiger partial charge in [-0.15, -0.1) is 0 Å². The van der Waals surface area contributed by atoms with Crippen LogP contribution in [0.15, 0.2) is 72.8 Å². The van der Waals surface area contributed by atoms with Crippen LogP contribution in [-0.4, -0.2) is 16.8 Å². The molecule has 4 rings (SSSR count). The van der Waals surface area contributed by atoms with Gasteiger partial charge in [0.25, 0.3) is 0 Å². The van der Waals surface area contributed by atoms with Crippen molar-refractivity contribution >= 4 is 17.5 Å². The number of fused-ring (bicyclic) bond motifs is 1. The number of benzene rings is 3. The molecular formula is C28H27ClN2O. The van der Waals surface area contributed by atoms with Crippen LogP contribution in [0.4, 0.5) is 0 Å². The summed E-state index contributed by atoms with van der Waals surface area (Å²) < 4.78 is 0. The molecule has 0 saturated heterocycles. The van der Waals surface area contributed by atoms with Crippen LogP contribution >= 0.6 is 11.6 Å². The number of nitrogens with two attached hydrogens (primary N) is 1. The van der Waals surface area contributed by atoms with Crippen molar-refractivity contribution in [1.82, 2.24) is 4.90 Å². The van der Waals surface area contributed by atoms with Gasteiger partial charge in [-0.1, -0.05) is 84.1 Å². The maximum atomic E-state index is 12.8. The normalized spacial score (nSPS) is 13.2. The minimum absolute atomic E-state index is 0.0421. The third-order valence-corrected chi connectivity index (χ3v) is 6.16. The van der Waals surface area contributed by atoms with Crippen molar-refractivity contribution in [3.05, 3.63) is 106 Å². The zero-order valence-electron chi connectivity index (χ0n) is 18.1. The Morgan fingerprint density at radius 3 is 2.38 bits per heavy atom. The molecule has 1 atom stereocenters. The number of rotatable bonds is 6. The number of carbonyl (C=O) groups excluding carboxylic acids is 1. The third-order valence-electron chi connectivity index (χ3n) is 5.81. The Hall–Kier alpha value is -3.06. The summed E-state index contributed by atoms with van der Waals surface area (Å²) in [7, 11) is 0. The van der Waals surface area contributed by atoms with Crippen molar-refractivity contribution in [1.29, 1.82) is 0 Å². The quantitative estimate of drug-likeness (QED) is 0.425. The van der Waals surface area contributed by atoms with Gasteiger partial charge >= 0.3 is 0 Å². The highest BCUT2D eigenvalue weighted by Crippen LogP contribution is 2.24. The fourth-order valence-corrected chi connectivity index (χ4v) is 4.29. The number of nitrogens with zero attached hydrogens (tertiary/aromatic N) is 1. The molecule has 0 aliphatic carbocycles. The van der Waals surface area contributed by atoms with Crippen molar-refractivity contribution in [2.24, 2.45) is 5.73 Å². The molecule has 1 aliphatic heterocycles. The van der Waals surface area contributed by atoms with Gasteiger partial charge in [-0.05, 0) is 53.6 Å². The summed E-state index contributed by atoms with van der Waals surface area (Å²) in [5, 5.41) is 0.606. The molecule has 3 aromatic rings. The zero-order chi connectivity index (χ0) is 22.3. The van der Waals surface area contributed by atoms with Crippen LogP contribution in [0.2, 0.25) is 5.02 Å². The number of aryl methyl sites for hydroxylation is 1. The molecule has 1 amide bonds. The molecule has 32 heavy (non-hydrogen) atoms. The van der Waals surface area contributed by atoms with E-state index in [-0.39, 0.29) is 5.91 Å². The van der Waals surface area contributed by atoms with Gasteiger partial charge in [0, 0.05) is 30.1 Å². The highest BCUT2D eigenvalue weighted by Gasteiger charge is 2.27. The minimum atomic E-state index is -0.614. The van der Waals surface area contributed by atoms with Gasteiger partial charge in [0.2, 0.25) is 5.91 Å². The van der Waals surface area contributed by atoms with Gasteiger partial charge in [-0.25, -0.2) is 0 Å². The fourth-order valence-electron chi connectivity index (χ4n) is 4.03. The Morgan fingerprint density at radius 1 is 1.00 bits per heavy atom. The summed E-state index contributed by atoms with van der Waals surface area (Å²) >= 11 is 6.48. The second-order valence-electron chi connectivity index (χ2n) is 8.22. The Morgan fingerprint density at radius 2 is 1.69 bits per heavy atom. The third kappa shape index (κ3) is 5.59. The molecule has 3 aromatic carbocycles. The molecule has 0 saturated carbocycles. The lowest BCUT2D eigenvalue weighted by Crippen LogP contribution is -2.42. The summed E-state index contributed by atoms with van der Waals surface area (Å²) in [5.41, 5.74) is 11.7. The van der Waals surface area contributed by atoms with E-state index in [0.29, 0.717) is 24.5 Å². The van der Waals surface area contributed by atoms with E-state index in [1.807, 2.05) is 41.3 Å². The molecule has 1 unspecified atom stereocenters. The molecule has 0 spiro atoms. The predicted octanol–water partition coefficient (Wildman–Crippen LogP) is 5.13. The van der Waals surface area contributed by atoms with E-state index in [4.69, 9.17) is 17.3 Å². The second-order valence-corrected chi connectivity index (χ2v) is 8.63. The number of amides is 1. The van der Waals surface area contributed by atoms with Crippen LogP contribution in [0, 0.1) is 11.8 Å². The van der Waals surface area contributed by atoms with E-state index in [1.165, 1.54) is 16.7 Å². The molecule has 0 fully saturated rings. The highest BCUT2D eigenvalue weighted by molar-refractivity contribution is 6.31. The standard InChI is InChI=1S/C28H27ClN2O/c29-26-17-22(12-6-2-5-11-21-9-3-1-4-10-21)15-16-23(26)18-27(30)28(32)31-19-24-13-7-8-14-25(24)20-31/h1,3-4,7-10,13-17,27H,2,5,11,18-20,30H2. The lowest BCUT2D eigenvalue weighted by Gasteiger charge is -2.20. The van der Waals surface area contributed by atoms with Crippen LogP contribution in [0.1, 0.15) is 40.7 Å². The fraction of sp³-hybridized carbons (Fsp3) is 0.250. The first-order valence-corrected chi connectivity index (χ1v) is 11.4. The van der Waals surface area contributed by atoms with Gasteiger partial charge in [0.15, 0.2) is 0 Å². The molecular weight excluding hydrogens is 416 g/mol. The Bertz CT molecular complexity index is 1120. The second kappa shape index (κ2) is 10.5. The summed E-state index contributed by atoms with van der Waals surface area (Å²) in [5.74, 6) is 6.38. The van der Waals surface area contributed by atoms with Gasteiger partial charge < -0.3 is 10.6 Å². The molecule has 1 heterocycles. The molecule has 0 radical (unpaired) electrons. The Balaban J connectivity index is 1.29. The van der Waals surface area contributed by atoms with E-state index in [9.17, 15) is 4.79 Å². The average molecular weight is 443 g/mol. The van der Waals surface area contributed by atoms with Crippen LogP contribution in [0.5, 0.6) is 0 Å². The van der Waals surface area contributed by atoms with Gasteiger partial charge in [0.05, 0.1) is 6.04 Å². The van der Waals surface area contributed by atoms with Crippen molar-refractivity contribution in [3.63, 3.8) is 0 Å². The molecule has 4 heteroatoms. The molecule has 0 bridgehead atoms. The maximum Gasteiger partial charge on any atom is 0.240 e. The first kappa shape index (κ1) is 22.1. The van der Waals surface area contributed by atoms with Crippen molar-refractivity contribution in [3.8, 4) is 11.8 Å². The van der Waals surface area contributed by atoms with E-state index < -0.39 is 6.04 Å².